The Hall–Kier alpha value is -5.10. The predicted octanol–water partition coefficient (Wildman–Crippen LogP) is 5.02. The van der Waals surface area contributed by atoms with Gasteiger partial charge in [0.2, 0.25) is 0 Å². The quantitative estimate of drug-likeness (QED) is 0.192. The van der Waals surface area contributed by atoms with Crippen LogP contribution in [0.5, 0.6) is 34.5 Å². The van der Waals surface area contributed by atoms with Gasteiger partial charge in [0.1, 0.15) is 5.75 Å². The topological polar surface area (TPSA) is 134 Å². The molecule has 0 atom stereocenters. The molecule has 0 aliphatic carbocycles. The van der Waals surface area contributed by atoms with E-state index < -0.39 is 17.6 Å². The lowest BCUT2D eigenvalue weighted by Gasteiger charge is -2.23. The number of aromatic nitrogens is 1. The highest BCUT2D eigenvalue weighted by atomic mass is 19.1. The summed E-state index contributed by atoms with van der Waals surface area (Å²) in [7, 11) is 3.10. The van der Waals surface area contributed by atoms with E-state index in [1.54, 1.807) is 50.7 Å². The Morgan fingerprint density at radius 2 is 1.66 bits per heavy atom. The summed E-state index contributed by atoms with van der Waals surface area (Å²) in [6.07, 6.45) is 3.99. The molecule has 1 fully saturated rings. The van der Waals surface area contributed by atoms with Crippen LogP contribution in [0.1, 0.15) is 25.3 Å². The molecule has 1 aromatic heterocycles. The Kier molecular flexibility index (Phi) is 10.9. The molecule has 3 N–H and O–H groups in total. The number of nitrogens with two attached hydrogens (primary N) is 1. The molecule has 4 aromatic rings. The molecule has 0 unspecified atom stereocenters. The minimum Gasteiger partial charge on any atom is -0.493 e. The van der Waals surface area contributed by atoms with Crippen molar-refractivity contribution in [2.75, 3.05) is 52.0 Å². The average molecular weight is 647 g/mol. The number of rotatable bonds is 13. The lowest BCUT2D eigenvalue weighted by atomic mass is 9.99. The summed E-state index contributed by atoms with van der Waals surface area (Å²) in [5, 5.41) is 3.95. The normalized spacial score (nSPS) is 13.2. The third-order valence-corrected chi connectivity index (χ3v) is 7.98. The number of amides is 2. The molecule has 1 aliphatic heterocycles. The lowest BCUT2D eigenvalue weighted by Crippen LogP contribution is -2.41. The summed E-state index contributed by atoms with van der Waals surface area (Å²) in [5.41, 5.74) is 6.90. The zero-order valence-corrected chi connectivity index (χ0v) is 26.7. The Bertz CT molecular complexity index is 1730. The van der Waals surface area contributed by atoms with Gasteiger partial charge in [-0.15, -0.1) is 0 Å². The van der Waals surface area contributed by atoms with Gasteiger partial charge in [-0.1, -0.05) is 6.07 Å². The number of carbonyl (C=O) groups is 2. The number of methoxy groups -OCH3 is 2. The number of anilines is 1. The maximum atomic E-state index is 15.6. The van der Waals surface area contributed by atoms with Crippen LogP contribution in [0, 0.1) is 11.7 Å². The van der Waals surface area contributed by atoms with Crippen LogP contribution in [-0.4, -0.2) is 63.9 Å². The minimum absolute atomic E-state index is 0.0517. The molecule has 12 heteroatoms. The van der Waals surface area contributed by atoms with Crippen molar-refractivity contribution in [3.63, 3.8) is 0 Å². The van der Waals surface area contributed by atoms with Crippen LogP contribution in [0.2, 0.25) is 0 Å². The molecule has 11 nitrogen and oxygen atoms in total. The number of nitrogens with one attached hydrogen (secondary N) is 1. The smallest absolute Gasteiger partial charge is 0.316 e. The number of pyridine rings is 1. The van der Waals surface area contributed by atoms with Crippen molar-refractivity contribution >= 4 is 28.4 Å². The van der Waals surface area contributed by atoms with Crippen LogP contribution in [0.3, 0.4) is 0 Å². The first-order valence-corrected chi connectivity index (χ1v) is 15.5. The first-order chi connectivity index (χ1) is 22.8. The van der Waals surface area contributed by atoms with Crippen molar-refractivity contribution in [3.8, 4) is 34.5 Å². The number of carbonyl (C=O) groups excluding carboxylic acids is 2. The SMILES string of the molecule is CCOc1cc(CCN(C(=O)C(N)=O)c2ccc(Oc3ccnc4cc(OCC5CCNCC5)c(OC)cc34)c(F)c2)ccc1OC. The monoisotopic (exact) mass is 646 g/mol. The second-order valence-corrected chi connectivity index (χ2v) is 11.0. The fourth-order valence-electron chi connectivity index (χ4n) is 5.47. The number of hydrogen-bond donors (Lipinski definition) is 2. The van der Waals surface area contributed by atoms with Crippen molar-refractivity contribution in [1.82, 2.24) is 10.3 Å². The first kappa shape index (κ1) is 33.3. The second kappa shape index (κ2) is 15.5. The van der Waals surface area contributed by atoms with Gasteiger partial charge >= 0.3 is 11.8 Å². The van der Waals surface area contributed by atoms with Crippen molar-refractivity contribution in [1.29, 1.82) is 0 Å². The lowest BCUT2D eigenvalue weighted by molar-refractivity contribution is -0.135. The molecular formula is C35H39FN4O7. The van der Waals surface area contributed by atoms with E-state index in [0.717, 1.165) is 42.5 Å². The van der Waals surface area contributed by atoms with E-state index in [9.17, 15) is 9.59 Å². The van der Waals surface area contributed by atoms with Crippen LogP contribution >= 0.6 is 0 Å². The fourth-order valence-corrected chi connectivity index (χ4v) is 5.47. The maximum absolute atomic E-state index is 15.6. The molecule has 0 bridgehead atoms. The van der Waals surface area contributed by atoms with Crippen molar-refractivity contribution in [2.24, 2.45) is 11.7 Å². The van der Waals surface area contributed by atoms with Gasteiger partial charge in [0, 0.05) is 35.9 Å². The minimum atomic E-state index is -1.16. The molecule has 1 aliphatic rings. The average Bonchev–Trinajstić information content (AvgIpc) is 3.08. The van der Waals surface area contributed by atoms with Crippen LogP contribution in [0.4, 0.5) is 10.1 Å². The summed E-state index contributed by atoms with van der Waals surface area (Å²) in [4.78, 5) is 30.3. The summed E-state index contributed by atoms with van der Waals surface area (Å²) in [6, 6.07) is 14.6. The largest absolute Gasteiger partial charge is 0.493 e. The van der Waals surface area contributed by atoms with E-state index in [4.69, 9.17) is 29.4 Å². The number of piperidine rings is 1. The summed E-state index contributed by atoms with van der Waals surface area (Å²) < 4.78 is 44.3. The summed E-state index contributed by atoms with van der Waals surface area (Å²) >= 11 is 0. The number of nitrogens with zero attached hydrogens (tertiary/aromatic N) is 2. The van der Waals surface area contributed by atoms with E-state index in [0.29, 0.717) is 65.2 Å². The molecular weight excluding hydrogens is 607 g/mol. The van der Waals surface area contributed by atoms with E-state index in [-0.39, 0.29) is 18.0 Å². The van der Waals surface area contributed by atoms with Gasteiger partial charge in [-0.05, 0) is 87.2 Å². The Balaban J connectivity index is 1.35. The van der Waals surface area contributed by atoms with Gasteiger partial charge in [0.05, 0.1) is 33.0 Å². The highest BCUT2D eigenvalue weighted by molar-refractivity contribution is 6.39. The van der Waals surface area contributed by atoms with Crippen molar-refractivity contribution in [3.05, 3.63) is 72.2 Å². The number of halogens is 1. The van der Waals surface area contributed by atoms with Gasteiger partial charge in [0.25, 0.3) is 0 Å². The second-order valence-electron chi connectivity index (χ2n) is 11.0. The predicted molar refractivity (Wildman–Crippen MR) is 175 cm³/mol. The molecule has 2 heterocycles. The van der Waals surface area contributed by atoms with Gasteiger partial charge in [-0.25, -0.2) is 4.39 Å². The van der Waals surface area contributed by atoms with E-state index >= 15 is 4.39 Å². The van der Waals surface area contributed by atoms with Gasteiger partial charge in [-0.3, -0.25) is 14.6 Å². The van der Waals surface area contributed by atoms with Crippen LogP contribution < -0.4 is 39.6 Å². The van der Waals surface area contributed by atoms with Gasteiger partial charge < -0.3 is 39.6 Å². The number of ether oxygens (including phenoxy) is 5. The molecule has 1 saturated heterocycles. The molecule has 3 aromatic carbocycles. The number of benzene rings is 3. The van der Waals surface area contributed by atoms with Gasteiger partial charge in [0.15, 0.2) is 34.6 Å². The highest BCUT2D eigenvalue weighted by Gasteiger charge is 2.23. The Labute approximate surface area is 272 Å². The number of primary amides is 1. The third kappa shape index (κ3) is 8.01. The molecule has 0 radical (unpaired) electrons. The summed E-state index contributed by atoms with van der Waals surface area (Å²) in [5.74, 6) is 0.0346. The summed E-state index contributed by atoms with van der Waals surface area (Å²) in [6.45, 7) is 4.87. The highest BCUT2D eigenvalue weighted by Crippen LogP contribution is 2.38. The number of fused-ring (bicyclic) bond motifs is 1. The van der Waals surface area contributed by atoms with E-state index in [1.807, 2.05) is 13.0 Å². The fraction of sp³-hybridized carbons (Fsp3) is 0.343. The Morgan fingerprint density at radius 1 is 0.915 bits per heavy atom. The first-order valence-electron chi connectivity index (χ1n) is 15.5. The Morgan fingerprint density at radius 3 is 2.36 bits per heavy atom. The van der Waals surface area contributed by atoms with E-state index in [2.05, 4.69) is 10.3 Å². The molecule has 248 valence electrons. The van der Waals surface area contributed by atoms with Gasteiger partial charge in [-0.2, -0.15) is 0 Å². The molecule has 0 saturated carbocycles. The third-order valence-electron chi connectivity index (χ3n) is 7.98. The van der Waals surface area contributed by atoms with Crippen LogP contribution in [0.15, 0.2) is 60.8 Å². The van der Waals surface area contributed by atoms with Crippen molar-refractivity contribution in [2.45, 2.75) is 26.2 Å². The standard InChI is InChI=1S/C35H39FN4O7/c1-4-45-32-17-22(5-7-30(32)43-2)12-16-40(35(42)34(37)41)24-6-8-29(26(36)18-24)47-28-11-15-39-27-20-33(31(44-3)19-25(27)28)46-21-23-9-13-38-14-10-23/h5-8,11,15,17-20,23,38H,4,9-10,12-14,16,21H2,1-3H3,(H2,37,41). The number of hydrogen-bond acceptors (Lipinski definition) is 9. The molecule has 5 rings (SSSR count). The molecule has 47 heavy (non-hydrogen) atoms. The zero-order valence-electron chi connectivity index (χ0n) is 26.7. The van der Waals surface area contributed by atoms with Crippen LogP contribution in [-0.2, 0) is 16.0 Å². The zero-order chi connectivity index (χ0) is 33.3. The molecule has 0 spiro atoms. The van der Waals surface area contributed by atoms with E-state index in [1.165, 1.54) is 12.1 Å². The van der Waals surface area contributed by atoms with Crippen molar-refractivity contribution < 1.29 is 37.7 Å². The molecule has 2 amide bonds. The van der Waals surface area contributed by atoms with Crippen LogP contribution in [0.25, 0.3) is 10.9 Å². The maximum Gasteiger partial charge on any atom is 0.316 e.